The normalized spacial score (nSPS) is 32.9. The summed E-state index contributed by atoms with van der Waals surface area (Å²) >= 11 is 1.78. The number of likely N-dealkylation sites (tertiary alicyclic amines) is 1. The van der Waals surface area contributed by atoms with E-state index >= 15 is 0 Å². The zero-order valence-electron chi connectivity index (χ0n) is 16.9. The average molecular weight is 414 g/mol. The third-order valence-corrected chi connectivity index (χ3v) is 8.36. The lowest BCUT2D eigenvalue weighted by molar-refractivity contribution is -0.913. The summed E-state index contributed by atoms with van der Waals surface area (Å²) in [6.45, 7) is 4.51. The molecule has 2 N–H and O–H groups in total. The van der Waals surface area contributed by atoms with Crippen LogP contribution in [0.15, 0.2) is 24.3 Å². The van der Waals surface area contributed by atoms with Crippen molar-refractivity contribution in [3.8, 4) is 0 Å². The summed E-state index contributed by atoms with van der Waals surface area (Å²) in [5, 5.41) is 4.28. The molecule has 3 heterocycles. The second-order valence-electron chi connectivity index (χ2n) is 9.00. The lowest BCUT2D eigenvalue weighted by atomic mass is 9.73. The highest BCUT2D eigenvalue weighted by atomic mass is 32.1. The van der Waals surface area contributed by atoms with Crippen LogP contribution < -0.4 is 10.2 Å². The number of amides is 3. The highest BCUT2D eigenvalue weighted by Gasteiger charge is 2.55. The van der Waals surface area contributed by atoms with Gasteiger partial charge < -0.3 is 10.2 Å². The fourth-order valence-corrected chi connectivity index (χ4v) is 6.53. The molecule has 3 fully saturated rings. The first-order valence-corrected chi connectivity index (χ1v) is 11.7. The van der Waals surface area contributed by atoms with E-state index in [0.717, 1.165) is 57.1 Å². The molecule has 7 heteroatoms. The number of quaternary nitrogens is 1. The molecule has 5 rings (SSSR count). The average Bonchev–Trinajstić information content (AvgIpc) is 3.26. The van der Waals surface area contributed by atoms with E-state index in [1.54, 1.807) is 11.3 Å². The van der Waals surface area contributed by atoms with Crippen LogP contribution in [0.5, 0.6) is 0 Å². The van der Waals surface area contributed by atoms with Crippen LogP contribution in [0, 0.1) is 5.92 Å². The number of nitrogens with zero attached hydrogens (tertiary/aromatic N) is 2. The molecule has 1 aromatic carbocycles. The van der Waals surface area contributed by atoms with E-state index in [1.807, 2.05) is 6.07 Å². The van der Waals surface area contributed by atoms with Crippen molar-refractivity contribution in [1.82, 2.24) is 15.2 Å². The van der Waals surface area contributed by atoms with E-state index in [-0.39, 0.29) is 17.9 Å². The van der Waals surface area contributed by atoms with Crippen molar-refractivity contribution in [2.45, 2.75) is 56.9 Å². The van der Waals surface area contributed by atoms with Gasteiger partial charge in [0.05, 0.1) is 29.2 Å². The van der Waals surface area contributed by atoms with Gasteiger partial charge in [-0.15, -0.1) is 11.3 Å². The van der Waals surface area contributed by atoms with E-state index in [2.05, 4.69) is 30.4 Å². The Balaban J connectivity index is 1.30. The number of urea groups is 1. The van der Waals surface area contributed by atoms with Crippen LogP contribution in [0.4, 0.5) is 4.79 Å². The highest BCUT2D eigenvalue weighted by Crippen LogP contribution is 2.38. The summed E-state index contributed by atoms with van der Waals surface area (Å²) in [7, 11) is 0. The van der Waals surface area contributed by atoms with Gasteiger partial charge in [-0.2, -0.15) is 0 Å². The van der Waals surface area contributed by atoms with Gasteiger partial charge in [-0.3, -0.25) is 4.79 Å². The van der Waals surface area contributed by atoms with E-state index in [4.69, 9.17) is 4.98 Å². The maximum absolute atomic E-state index is 13.3. The molecule has 2 saturated heterocycles. The molecular formula is C22H29N4O2S+. The topological polar surface area (TPSA) is 66.7 Å². The van der Waals surface area contributed by atoms with Crippen molar-refractivity contribution in [3.63, 3.8) is 0 Å². The van der Waals surface area contributed by atoms with E-state index in [0.29, 0.717) is 12.6 Å². The SMILES string of the molecule is C[C@@H]1CCCC[C@]12NC(=O)N(C[NH+]1CCC[C@H](c3nc4ccccc4s3)C1)C2=O. The van der Waals surface area contributed by atoms with Crippen molar-refractivity contribution < 1.29 is 14.5 Å². The Morgan fingerprint density at radius 2 is 2.10 bits per heavy atom. The van der Waals surface area contributed by atoms with Crippen molar-refractivity contribution in [2.24, 2.45) is 5.92 Å². The van der Waals surface area contributed by atoms with Crippen molar-refractivity contribution in [3.05, 3.63) is 29.3 Å². The van der Waals surface area contributed by atoms with Gasteiger partial charge in [0, 0.05) is 0 Å². The van der Waals surface area contributed by atoms with Crippen molar-refractivity contribution in [1.29, 1.82) is 0 Å². The van der Waals surface area contributed by atoms with E-state index in [1.165, 1.54) is 19.5 Å². The number of nitrogens with one attached hydrogen (secondary N) is 2. The molecule has 1 saturated carbocycles. The molecule has 0 bridgehead atoms. The smallest absolute Gasteiger partial charge is 0.323 e. The minimum atomic E-state index is -0.656. The minimum Gasteiger partial charge on any atom is -0.323 e. The number of rotatable bonds is 3. The largest absolute Gasteiger partial charge is 0.329 e. The number of piperidine rings is 1. The Kier molecular flexibility index (Phi) is 4.82. The number of para-hydroxylation sites is 1. The Labute approximate surface area is 175 Å². The van der Waals surface area contributed by atoms with Gasteiger partial charge in [0.25, 0.3) is 5.91 Å². The molecule has 1 unspecified atom stereocenters. The molecule has 0 radical (unpaired) electrons. The van der Waals surface area contributed by atoms with Crippen molar-refractivity contribution >= 4 is 33.5 Å². The fourth-order valence-electron chi connectivity index (χ4n) is 5.43. The van der Waals surface area contributed by atoms with Gasteiger partial charge >= 0.3 is 6.03 Å². The molecule has 2 aromatic rings. The molecule has 3 aliphatic rings. The Hall–Kier alpha value is -1.99. The summed E-state index contributed by atoms with van der Waals surface area (Å²) in [6.07, 6.45) is 6.17. The van der Waals surface area contributed by atoms with Gasteiger partial charge in [-0.05, 0) is 43.7 Å². The van der Waals surface area contributed by atoms with Crippen molar-refractivity contribution in [2.75, 3.05) is 19.8 Å². The first-order chi connectivity index (χ1) is 14.1. The number of imide groups is 1. The molecule has 3 amide bonds. The first-order valence-electron chi connectivity index (χ1n) is 10.9. The lowest BCUT2D eigenvalue weighted by Crippen LogP contribution is -3.15. The van der Waals surface area contributed by atoms with Crippen LogP contribution in [0.1, 0.15) is 56.4 Å². The van der Waals surface area contributed by atoms with Gasteiger partial charge in [0.1, 0.15) is 10.5 Å². The van der Waals surface area contributed by atoms with E-state index in [9.17, 15) is 9.59 Å². The monoisotopic (exact) mass is 413 g/mol. The number of benzene rings is 1. The van der Waals surface area contributed by atoms with Crippen LogP contribution >= 0.6 is 11.3 Å². The second kappa shape index (κ2) is 7.36. The molecule has 1 aromatic heterocycles. The maximum Gasteiger partial charge on any atom is 0.329 e. The zero-order valence-corrected chi connectivity index (χ0v) is 17.8. The standard InChI is InChI=1S/C22H28N4O2S/c1-15-7-4-5-11-22(15)20(27)26(21(28)24-22)14-25-12-6-8-16(13-25)19-23-17-9-2-3-10-18(17)29-19/h2-3,9-10,15-16H,4-8,11-14H2,1H3,(H,24,28)/p+1/t15-,16+,22+/m1/s1. The zero-order chi connectivity index (χ0) is 20.0. The number of carbonyl (C=O) groups excluding carboxylic acids is 2. The van der Waals surface area contributed by atoms with Gasteiger partial charge in [-0.25, -0.2) is 14.7 Å². The summed E-state index contributed by atoms with van der Waals surface area (Å²) < 4.78 is 1.23. The van der Waals surface area contributed by atoms with Crippen LogP contribution in [0.2, 0.25) is 0 Å². The number of aromatic nitrogens is 1. The van der Waals surface area contributed by atoms with Crippen LogP contribution in [-0.4, -0.2) is 47.1 Å². The predicted molar refractivity (Wildman–Crippen MR) is 113 cm³/mol. The van der Waals surface area contributed by atoms with Gasteiger partial charge in [-0.1, -0.05) is 31.9 Å². The van der Waals surface area contributed by atoms with Crippen LogP contribution in [0.25, 0.3) is 10.2 Å². The number of thiazole rings is 1. The molecular weight excluding hydrogens is 384 g/mol. The number of hydrogen-bond acceptors (Lipinski definition) is 4. The summed E-state index contributed by atoms with van der Waals surface area (Å²) in [6, 6.07) is 8.09. The molecule has 1 aliphatic carbocycles. The Bertz CT molecular complexity index is 911. The highest BCUT2D eigenvalue weighted by molar-refractivity contribution is 7.18. The lowest BCUT2D eigenvalue weighted by Gasteiger charge is -2.37. The quantitative estimate of drug-likeness (QED) is 0.760. The molecule has 2 aliphatic heterocycles. The molecule has 4 atom stereocenters. The third-order valence-electron chi connectivity index (χ3n) is 7.16. The fraction of sp³-hybridized carbons (Fsp3) is 0.591. The Morgan fingerprint density at radius 3 is 2.93 bits per heavy atom. The number of hydrogen-bond donors (Lipinski definition) is 2. The Morgan fingerprint density at radius 1 is 1.24 bits per heavy atom. The third kappa shape index (κ3) is 3.24. The summed E-state index contributed by atoms with van der Waals surface area (Å²) in [5.41, 5.74) is 0.415. The molecule has 1 spiro atoms. The summed E-state index contributed by atoms with van der Waals surface area (Å²) in [4.78, 5) is 33.6. The second-order valence-corrected chi connectivity index (χ2v) is 10.1. The minimum absolute atomic E-state index is 0.00399. The van der Waals surface area contributed by atoms with Gasteiger partial charge in [0.2, 0.25) is 0 Å². The van der Waals surface area contributed by atoms with Crippen LogP contribution in [0.3, 0.4) is 0 Å². The number of carbonyl (C=O) groups is 2. The summed E-state index contributed by atoms with van der Waals surface area (Å²) in [5.74, 6) is 0.619. The van der Waals surface area contributed by atoms with E-state index < -0.39 is 5.54 Å². The number of fused-ring (bicyclic) bond motifs is 1. The molecule has 6 nitrogen and oxygen atoms in total. The van der Waals surface area contributed by atoms with Gasteiger partial charge in [0.15, 0.2) is 6.67 Å². The predicted octanol–water partition coefficient (Wildman–Crippen LogP) is 2.52. The first kappa shape index (κ1) is 19.0. The molecule has 29 heavy (non-hydrogen) atoms. The van der Waals surface area contributed by atoms with Crippen LogP contribution in [-0.2, 0) is 4.79 Å². The molecule has 154 valence electrons. The maximum atomic E-state index is 13.3.